The van der Waals surface area contributed by atoms with Crippen LogP contribution in [-0.2, 0) is 11.3 Å². The van der Waals surface area contributed by atoms with Crippen molar-refractivity contribution in [2.24, 2.45) is 5.92 Å². The van der Waals surface area contributed by atoms with Crippen LogP contribution < -0.4 is 0 Å². The summed E-state index contributed by atoms with van der Waals surface area (Å²) in [5, 5.41) is 0. The first-order valence-electron chi connectivity index (χ1n) is 9.77. The molecular weight excluding hydrogens is 312 g/mol. The van der Waals surface area contributed by atoms with Gasteiger partial charge in [-0.15, -0.1) is 0 Å². The molecule has 0 saturated carbocycles. The van der Waals surface area contributed by atoms with Gasteiger partial charge in [0.2, 0.25) is 5.91 Å². The maximum absolute atomic E-state index is 12.5. The summed E-state index contributed by atoms with van der Waals surface area (Å²) < 4.78 is 0. The fourth-order valence-corrected chi connectivity index (χ4v) is 4.20. The van der Waals surface area contributed by atoms with Crippen LogP contribution in [-0.4, -0.2) is 71.4 Å². The average molecular weight is 345 g/mol. The van der Waals surface area contributed by atoms with E-state index in [0.717, 1.165) is 52.1 Å². The van der Waals surface area contributed by atoms with Gasteiger partial charge < -0.3 is 4.90 Å². The normalized spacial score (nSPS) is 23.5. The van der Waals surface area contributed by atoms with Gasteiger partial charge in [0, 0.05) is 45.1 Å². The lowest BCUT2D eigenvalue weighted by Gasteiger charge is -2.42. The van der Waals surface area contributed by atoms with Gasteiger partial charge in [0.15, 0.2) is 0 Å². The number of aromatic nitrogens is 1. The van der Waals surface area contributed by atoms with Gasteiger partial charge >= 0.3 is 0 Å². The minimum Gasteiger partial charge on any atom is -0.346 e. The van der Waals surface area contributed by atoms with E-state index in [1.165, 1.54) is 18.4 Å². The zero-order chi connectivity index (χ0) is 17.6. The molecule has 1 aromatic rings. The number of likely N-dealkylation sites (tertiary alicyclic amines) is 2. The van der Waals surface area contributed by atoms with Crippen LogP contribution in [0.2, 0.25) is 0 Å². The third-order valence-corrected chi connectivity index (χ3v) is 5.86. The van der Waals surface area contributed by atoms with Crippen LogP contribution in [0.15, 0.2) is 24.5 Å². The Labute approximate surface area is 152 Å². The van der Waals surface area contributed by atoms with Gasteiger partial charge in [0.1, 0.15) is 0 Å². The van der Waals surface area contributed by atoms with Gasteiger partial charge in [-0.1, -0.05) is 6.07 Å². The maximum atomic E-state index is 12.5. The van der Waals surface area contributed by atoms with Gasteiger partial charge in [0.25, 0.3) is 0 Å². The molecule has 0 N–H and O–H groups in total. The lowest BCUT2D eigenvalue weighted by atomic mass is 9.93. The van der Waals surface area contributed by atoms with Crippen LogP contribution in [0.1, 0.15) is 38.2 Å². The number of nitrogens with zero attached hydrogens (tertiary/aromatic N) is 4. The van der Waals surface area contributed by atoms with Gasteiger partial charge in [-0.05, 0) is 63.9 Å². The molecule has 0 aromatic carbocycles. The molecule has 2 saturated heterocycles. The number of rotatable bonds is 5. The molecule has 1 unspecified atom stereocenters. The minimum atomic E-state index is 0.201. The molecule has 0 radical (unpaired) electrons. The third kappa shape index (κ3) is 4.79. The van der Waals surface area contributed by atoms with E-state index in [0.29, 0.717) is 11.9 Å². The Morgan fingerprint density at radius 3 is 2.76 bits per heavy atom. The van der Waals surface area contributed by atoms with Crippen molar-refractivity contribution in [3.05, 3.63) is 30.1 Å². The summed E-state index contributed by atoms with van der Waals surface area (Å²) >= 11 is 0. The fourth-order valence-electron chi connectivity index (χ4n) is 4.20. The highest BCUT2D eigenvalue weighted by Gasteiger charge is 2.32. The monoisotopic (exact) mass is 344 g/mol. The molecule has 2 aliphatic rings. The summed E-state index contributed by atoms with van der Waals surface area (Å²) in [6, 6.07) is 4.82. The molecular formula is C20H32N4O. The largest absolute Gasteiger partial charge is 0.346 e. The van der Waals surface area contributed by atoms with Crippen LogP contribution in [0.5, 0.6) is 0 Å². The maximum Gasteiger partial charge on any atom is 0.226 e. The van der Waals surface area contributed by atoms with E-state index in [2.05, 4.69) is 27.8 Å². The van der Waals surface area contributed by atoms with Gasteiger partial charge in [-0.2, -0.15) is 0 Å². The van der Waals surface area contributed by atoms with Crippen molar-refractivity contribution < 1.29 is 4.79 Å². The minimum absolute atomic E-state index is 0.201. The first-order valence-corrected chi connectivity index (χ1v) is 9.77. The fraction of sp³-hybridized carbons (Fsp3) is 0.700. The van der Waals surface area contributed by atoms with Crippen LogP contribution in [0.3, 0.4) is 0 Å². The van der Waals surface area contributed by atoms with Crippen LogP contribution in [0, 0.1) is 5.92 Å². The molecule has 3 rings (SSSR count). The second-order valence-corrected chi connectivity index (χ2v) is 7.56. The van der Waals surface area contributed by atoms with Crippen molar-refractivity contribution in [3.8, 4) is 0 Å². The molecule has 2 fully saturated rings. The van der Waals surface area contributed by atoms with Crippen molar-refractivity contribution in [1.82, 2.24) is 19.7 Å². The molecule has 1 amide bonds. The predicted octanol–water partition coefficient (Wildman–Crippen LogP) is 2.24. The number of piperidine rings is 2. The van der Waals surface area contributed by atoms with Crippen molar-refractivity contribution in [3.63, 3.8) is 0 Å². The van der Waals surface area contributed by atoms with Crippen molar-refractivity contribution in [2.45, 2.75) is 45.2 Å². The highest BCUT2D eigenvalue weighted by Crippen LogP contribution is 2.25. The number of hydrogen-bond acceptors (Lipinski definition) is 4. The lowest BCUT2D eigenvalue weighted by Crippen LogP contribution is -2.50. The van der Waals surface area contributed by atoms with Gasteiger partial charge in [-0.3, -0.25) is 19.6 Å². The second kappa shape index (κ2) is 8.77. The molecule has 3 heterocycles. The Balaban J connectivity index is 1.48. The zero-order valence-electron chi connectivity index (χ0n) is 15.7. The van der Waals surface area contributed by atoms with Crippen LogP contribution in [0.25, 0.3) is 0 Å². The summed E-state index contributed by atoms with van der Waals surface area (Å²) in [7, 11) is 1.93. The van der Waals surface area contributed by atoms with E-state index >= 15 is 0 Å². The first kappa shape index (κ1) is 18.3. The average Bonchev–Trinajstić information content (AvgIpc) is 2.68. The quantitative estimate of drug-likeness (QED) is 0.821. The molecule has 1 atom stereocenters. The van der Waals surface area contributed by atoms with Crippen LogP contribution >= 0.6 is 0 Å². The van der Waals surface area contributed by atoms with E-state index in [-0.39, 0.29) is 5.92 Å². The van der Waals surface area contributed by atoms with Crippen molar-refractivity contribution in [2.75, 3.05) is 39.8 Å². The Morgan fingerprint density at radius 2 is 2.08 bits per heavy atom. The summed E-state index contributed by atoms with van der Waals surface area (Å²) in [6.07, 6.45) is 8.44. The summed E-state index contributed by atoms with van der Waals surface area (Å²) in [5.41, 5.74) is 1.30. The number of hydrogen-bond donors (Lipinski definition) is 0. The molecule has 2 aliphatic heterocycles. The molecule has 5 heteroatoms. The molecule has 138 valence electrons. The molecule has 0 bridgehead atoms. The highest BCUT2D eigenvalue weighted by molar-refractivity contribution is 5.78. The Hall–Kier alpha value is -1.46. The first-order chi connectivity index (χ1) is 12.2. The summed E-state index contributed by atoms with van der Waals surface area (Å²) in [5.74, 6) is 0.535. The number of pyridine rings is 1. The molecule has 25 heavy (non-hydrogen) atoms. The van der Waals surface area contributed by atoms with E-state index < -0.39 is 0 Å². The van der Waals surface area contributed by atoms with Crippen molar-refractivity contribution in [1.29, 1.82) is 0 Å². The topological polar surface area (TPSA) is 39.7 Å². The molecule has 5 nitrogen and oxygen atoms in total. The van der Waals surface area contributed by atoms with E-state index in [1.807, 2.05) is 30.4 Å². The summed E-state index contributed by atoms with van der Waals surface area (Å²) in [6.45, 7) is 8.26. The number of carbonyl (C=O) groups excluding carboxylic acids is 1. The predicted molar refractivity (Wildman–Crippen MR) is 100 cm³/mol. The molecule has 0 aliphatic carbocycles. The van der Waals surface area contributed by atoms with E-state index in [9.17, 15) is 4.79 Å². The lowest BCUT2D eigenvalue weighted by molar-refractivity contribution is -0.136. The van der Waals surface area contributed by atoms with Crippen LogP contribution in [0.4, 0.5) is 0 Å². The smallest absolute Gasteiger partial charge is 0.226 e. The van der Waals surface area contributed by atoms with Gasteiger partial charge in [0.05, 0.1) is 5.92 Å². The number of amides is 1. The highest BCUT2D eigenvalue weighted by atomic mass is 16.2. The Morgan fingerprint density at radius 1 is 1.28 bits per heavy atom. The zero-order valence-corrected chi connectivity index (χ0v) is 15.7. The Kier molecular flexibility index (Phi) is 6.43. The van der Waals surface area contributed by atoms with Gasteiger partial charge in [-0.25, -0.2) is 0 Å². The Bertz CT molecular complexity index is 542. The summed E-state index contributed by atoms with van der Waals surface area (Å²) in [4.78, 5) is 23.7. The second-order valence-electron chi connectivity index (χ2n) is 7.56. The molecule has 0 spiro atoms. The number of carbonyl (C=O) groups is 1. The third-order valence-electron chi connectivity index (χ3n) is 5.86. The van der Waals surface area contributed by atoms with E-state index in [1.54, 1.807) is 0 Å². The standard InChI is InChI=1S/C20H32N4O/c1-3-22(2)20(25)18-7-5-11-24(16-18)19-8-12-23(13-9-19)15-17-6-4-10-21-14-17/h4,6,10,14,18-19H,3,5,7-9,11-13,15-16H2,1-2H3. The van der Waals surface area contributed by atoms with E-state index in [4.69, 9.17) is 0 Å². The SMILES string of the molecule is CCN(C)C(=O)C1CCCN(C2CCN(Cc3cccnc3)CC2)C1. The molecule has 1 aromatic heterocycles. The van der Waals surface area contributed by atoms with Crippen molar-refractivity contribution >= 4 is 5.91 Å².